The van der Waals surface area contributed by atoms with Gasteiger partial charge in [-0.15, -0.1) is 11.3 Å². The van der Waals surface area contributed by atoms with Crippen molar-refractivity contribution < 1.29 is 4.74 Å². The molecule has 0 saturated heterocycles. The Morgan fingerprint density at radius 1 is 1.47 bits per heavy atom. The fraction of sp³-hybridized carbons (Fsp3) is 0.250. The van der Waals surface area contributed by atoms with E-state index in [0.717, 1.165) is 26.5 Å². The van der Waals surface area contributed by atoms with E-state index >= 15 is 0 Å². The first-order valence-corrected chi connectivity index (χ1v) is 6.88. The molecule has 2 aromatic rings. The van der Waals surface area contributed by atoms with Crippen LogP contribution in [0.1, 0.15) is 16.3 Å². The molecule has 0 bridgehead atoms. The largest absolute Gasteiger partial charge is 0.486 e. The Morgan fingerprint density at radius 2 is 2.29 bits per heavy atom. The highest BCUT2D eigenvalue weighted by molar-refractivity contribution is 9.10. The van der Waals surface area contributed by atoms with Crippen LogP contribution in [0.25, 0.3) is 0 Å². The molecule has 0 aliphatic rings. The van der Waals surface area contributed by atoms with Gasteiger partial charge >= 0.3 is 0 Å². The van der Waals surface area contributed by atoms with E-state index in [9.17, 15) is 0 Å². The highest BCUT2D eigenvalue weighted by atomic mass is 79.9. The molecular formula is C12H13BrN2OS. The Kier molecular flexibility index (Phi) is 4.15. The number of thiazole rings is 1. The van der Waals surface area contributed by atoms with Gasteiger partial charge in [0.05, 0.1) is 15.2 Å². The van der Waals surface area contributed by atoms with Gasteiger partial charge in [-0.3, -0.25) is 0 Å². The average Bonchev–Trinajstić information content (AvgIpc) is 2.73. The summed E-state index contributed by atoms with van der Waals surface area (Å²) in [6.45, 7) is 3.01. The van der Waals surface area contributed by atoms with E-state index in [1.807, 2.05) is 30.5 Å². The van der Waals surface area contributed by atoms with Gasteiger partial charge in [0.1, 0.15) is 12.4 Å². The van der Waals surface area contributed by atoms with E-state index in [1.54, 1.807) is 11.3 Å². The van der Waals surface area contributed by atoms with Crippen LogP contribution in [0.4, 0.5) is 0 Å². The van der Waals surface area contributed by atoms with Gasteiger partial charge in [-0.2, -0.15) is 0 Å². The molecule has 5 heteroatoms. The van der Waals surface area contributed by atoms with Crippen LogP contribution in [0.2, 0.25) is 0 Å². The molecule has 2 rings (SSSR count). The number of nitrogens with zero attached hydrogens (tertiary/aromatic N) is 1. The Hall–Kier alpha value is -0.910. The standard InChI is InChI=1S/C12H13BrN2OS/c1-8-15-10(7-17-8)6-16-12-3-2-9(5-14)4-11(12)13/h2-4,7H,5-6,14H2,1H3. The number of hydrogen-bond acceptors (Lipinski definition) is 4. The SMILES string of the molecule is Cc1nc(COc2ccc(CN)cc2Br)cs1. The fourth-order valence-corrected chi connectivity index (χ4v) is 2.55. The number of rotatable bonds is 4. The summed E-state index contributed by atoms with van der Waals surface area (Å²) in [5.41, 5.74) is 7.60. The Bertz CT molecular complexity index is 513. The topological polar surface area (TPSA) is 48.1 Å². The first-order chi connectivity index (χ1) is 8.19. The van der Waals surface area contributed by atoms with Crippen molar-refractivity contribution in [3.8, 4) is 5.75 Å². The zero-order chi connectivity index (χ0) is 12.3. The van der Waals surface area contributed by atoms with E-state index in [1.165, 1.54) is 0 Å². The smallest absolute Gasteiger partial charge is 0.134 e. The molecule has 0 radical (unpaired) electrons. The molecule has 0 spiro atoms. The molecule has 90 valence electrons. The minimum Gasteiger partial charge on any atom is -0.486 e. The number of ether oxygens (including phenoxy) is 1. The number of aromatic nitrogens is 1. The second-order valence-electron chi connectivity index (χ2n) is 3.62. The van der Waals surface area contributed by atoms with Gasteiger partial charge < -0.3 is 10.5 Å². The number of aryl methyl sites for hydroxylation is 1. The molecule has 0 saturated carbocycles. The normalized spacial score (nSPS) is 10.5. The summed E-state index contributed by atoms with van der Waals surface area (Å²) in [7, 11) is 0. The molecule has 0 amide bonds. The van der Waals surface area contributed by atoms with E-state index in [0.29, 0.717) is 13.2 Å². The molecule has 17 heavy (non-hydrogen) atoms. The van der Waals surface area contributed by atoms with E-state index in [4.69, 9.17) is 10.5 Å². The van der Waals surface area contributed by atoms with Crippen LogP contribution < -0.4 is 10.5 Å². The predicted octanol–water partition coefficient (Wildman–Crippen LogP) is 3.25. The lowest BCUT2D eigenvalue weighted by molar-refractivity contribution is 0.300. The van der Waals surface area contributed by atoms with Crippen molar-refractivity contribution in [3.63, 3.8) is 0 Å². The van der Waals surface area contributed by atoms with Crippen molar-refractivity contribution in [2.24, 2.45) is 5.73 Å². The highest BCUT2D eigenvalue weighted by Crippen LogP contribution is 2.26. The minimum atomic E-state index is 0.491. The highest BCUT2D eigenvalue weighted by Gasteiger charge is 2.04. The third kappa shape index (κ3) is 3.28. The zero-order valence-corrected chi connectivity index (χ0v) is 11.8. The van der Waals surface area contributed by atoms with Gasteiger partial charge in [-0.05, 0) is 40.5 Å². The quantitative estimate of drug-likeness (QED) is 0.942. The van der Waals surface area contributed by atoms with Crippen LogP contribution >= 0.6 is 27.3 Å². The number of nitrogens with two attached hydrogens (primary N) is 1. The maximum absolute atomic E-state index is 5.69. The first kappa shape index (κ1) is 12.5. The Morgan fingerprint density at radius 3 is 2.88 bits per heavy atom. The summed E-state index contributed by atoms with van der Waals surface area (Å²) >= 11 is 5.10. The zero-order valence-electron chi connectivity index (χ0n) is 9.44. The van der Waals surface area contributed by atoms with Gasteiger partial charge in [0.15, 0.2) is 0 Å². The maximum Gasteiger partial charge on any atom is 0.134 e. The second kappa shape index (κ2) is 5.62. The molecule has 1 heterocycles. The summed E-state index contributed by atoms with van der Waals surface area (Å²) in [4.78, 5) is 4.35. The van der Waals surface area contributed by atoms with Crippen LogP contribution in [0.5, 0.6) is 5.75 Å². The average molecular weight is 313 g/mol. The van der Waals surface area contributed by atoms with E-state index < -0.39 is 0 Å². The van der Waals surface area contributed by atoms with Crippen molar-refractivity contribution in [1.29, 1.82) is 0 Å². The van der Waals surface area contributed by atoms with E-state index in [2.05, 4.69) is 20.9 Å². The third-order valence-corrected chi connectivity index (χ3v) is 3.72. The van der Waals surface area contributed by atoms with Gasteiger partial charge in [-0.1, -0.05) is 6.07 Å². The fourth-order valence-electron chi connectivity index (χ4n) is 1.41. The summed E-state index contributed by atoms with van der Waals surface area (Å²) in [6.07, 6.45) is 0. The second-order valence-corrected chi connectivity index (χ2v) is 5.53. The summed E-state index contributed by atoms with van der Waals surface area (Å²) in [5.74, 6) is 0.813. The Labute approximate surface area is 113 Å². The van der Waals surface area contributed by atoms with Crippen LogP contribution in [0.15, 0.2) is 28.1 Å². The van der Waals surface area contributed by atoms with Crippen molar-refractivity contribution in [3.05, 3.63) is 44.3 Å². The summed E-state index contributed by atoms with van der Waals surface area (Å²) in [6, 6.07) is 5.86. The molecule has 0 aliphatic heterocycles. The predicted molar refractivity (Wildman–Crippen MR) is 73.2 cm³/mol. The molecule has 2 N–H and O–H groups in total. The summed E-state index contributed by atoms with van der Waals surface area (Å²) < 4.78 is 6.62. The van der Waals surface area contributed by atoms with Crippen molar-refractivity contribution >= 4 is 27.3 Å². The molecular weight excluding hydrogens is 300 g/mol. The molecule has 0 atom stereocenters. The van der Waals surface area contributed by atoms with Gasteiger partial charge in [0.25, 0.3) is 0 Å². The maximum atomic E-state index is 5.69. The summed E-state index contributed by atoms with van der Waals surface area (Å²) in [5, 5.41) is 3.07. The lowest BCUT2D eigenvalue weighted by Gasteiger charge is -2.07. The molecule has 0 fully saturated rings. The lowest BCUT2D eigenvalue weighted by Crippen LogP contribution is -1.99. The molecule has 0 aliphatic carbocycles. The van der Waals surface area contributed by atoms with Crippen LogP contribution in [-0.4, -0.2) is 4.98 Å². The first-order valence-electron chi connectivity index (χ1n) is 5.21. The monoisotopic (exact) mass is 312 g/mol. The lowest BCUT2D eigenvalue weighted by atomic mass is 10.2. The van der Waals surface area contributed by atoms with Crippen LogP contribution in [0.3, 0.4) is 0 Å². The van der Waals surface area contributed by atoms with Gasteiger partial charge in [0.2, 0.25) is 0 Å². The molecule has 1 aromatic carbocycles. The van der Waals surface area contributed by atoms with E-state index in [-0.39, 0.29) is 0 Å². The molecule has 3 nitrogen and oxygen atoms in total. The number of hydrogen-bond donors (Lipinski definition) is 1. The van der Waals surface area contributed by atoms with Crippen molar-refractivity contribution in [1.82, 2.24) is 4.98 Å². The van der Waals surface area contributed by atoms with Crippen molar-refractivity contribution in [2.75, 3.05) is 0 Å². The Balaban J connectivity index is 2.04. The molecule has 0 unspecified atom stereocenters. The molecule has 1 aromatic heterocycles. The number of benzene rings is 1. The van der Waals surface area contributed by atoms with Gasteiger partial charge in [0, 0.05) is 11.9 Å². The van der Waals surface area contributed by atoms with Gasteiger partial charge in [-0.25, -0.2) is 4.98 Å². The minimum absolute atomic E-state index is 0.491. The number of halogens is 1. The van der Waals surface area contributed by atoms with Crippen molar-refractivity contribution in [2.45, 2.75) is 20.1 Å². The third-order valence-electron chi connectivity index (χ3n) is 2.27. The van der Waals surface area contributed by atoms with Crippen LogP contribution in [-0.2, 0) is 13.2 Å². The van der Waals surface area contributed by atoms with Crippen LogP contribution in [0, 0.1) is 6.92 Å².